The fourth-order valence-electron chi connectivity index (χ4n) is 1.84. The highest BCUT2D eigenvalue weighted by molar-refractivity contribution is 7.99. The summed E-state index contributed by atoms with van der Waals surface area (Å²) in [4.78, 5) is 19.2. The van der Waals surface area contributed by atoms with Gasteiger partial charge in [-0.2, -0.15) is 11.8 Å². The van der Waals surface area contributed by atoms with Crippen molar-refractivity contribution in [3.8, 4) is 0 Å². The van der Waals surface area contributed by atoms with E-state index in [1.807, 2.05) is 30.0 Å². The number of nitrogens with one attached hydrogen (secondary N) is 2. The van der Waals surface area contributed by atoms with Gasteiger partial charge in [0.25, 0.3) is 5.56 Å². The molecule has 1 aromatic heterocycles. The van der Waals surface area contributed by atoms with Crippen LogP contribution in [0.15, 0.2) is 29.1 Å². The minimum atomic E-state index is -0.0713. The maximum atomic E-state index is 11.9. The molecular weight excluding hydrogens is 258 g/mol. The average molecular weight is 277 g/mol. The van der Waals surface area contributed by atoms with Crippen LogP contribution < -0.4 is 10.9 Å². The second kappa shape index (κ2) is 6.73. The van der Waals surface area contributed by atoms with E-state index in [-0.39, 0.29) is 5.56 Å². The molecule has 0 amide bonds. The molecule has 1 aromatic carbocycles. The number of aromatic nitrogens is 2. The van der Waals surface area contributed by atoms with Gasteiger partial charge >= 0.3 is 0 Å². The zero-order valence-corrected chi connectivity index (χ0v) is 12.1. The summed E-state index contributed by atoms with van der Waals surface area (Å²) < 4.78 is 0. The molecule has 0 radical (unpaired) electrons. The summed E-state index contributed by atoms with van der Waals surface area (Å²) in [6.45, 7) is 4.88. The highest BCUT2D eigenvalue weighted by Gasteiger charge is 2.05. The number of benzene rings is 1. The number of nitrogens with zero attached hydrogens (tertiary/aromatic N) is 1. The molecule has 0 fully saturated rings. The predicted molar refractivity (Wildman–Crippen MR) is 81.7 cm³/mol. The summed E-state index contributed by atoms with van der Waals surface area (Å²) in [5.74, 6) is 2.88. The largest absolute Gasteiger partial charge is 0.309 e. The van der Waals surface area contributed by atoms with E-state index < -0.39 is 0 Å². The molecule has 0 spiro atoms. The summed E-state index contributed by atoms with van der Waals surface area (Å²) in [7, 11) is 0. The maximum Gasteiger partial charge on any atom is 0.258 e. The lowest BCUT2D eigenvalue weighted by Gasteiger charge is -2.12. The van der Waals surface area contributed by atoms with Gasteiger partial charge in [-0.3, -0.25) is 4.79 Å². The van der Waals surface area contributed by atoms with Gasteiger partial charge in [-0.15, -0.1) is 0 Å². The fraction of sp³-hybridized carbons (Fsp3) is 0.429. The van der Waals surface area contributed by atoms with Crippen LogP contribution in [0.2, 0.25) is 0 Å². The summed E-state index contributed by atoms with van der Waals surface area (Å²) in [6, 6.07) is 7.80. The molecule has 1 atom stereocenters. The Kier molecular flexibility index (Phi) is 4.99. The monoisotopic (exact) mass is 277 g/mol. The van der Waals surface area contributed by atoms with E-state index in [4.69, 9.17) is 0 Å². The van der Waals surface area contributed by atoms with E-state index in [0.717, 1.165) is 17.0 Å². The zero-order chi connectivity index (χ0) is 13.7. The molecule has 4 nitrogen and oxygen atoms in total. The number of hydrogen-bond acceptors (Lipinski definition) is 4. The van der Waals surface area contributed by atoms with Crippen LogP contribution in [-0.2, 0) is 6.54 Å². The molecule has 0 bridgehead atoms. The van der Waals surface area contributed by atoms with Crippen molar-refractivity contribution in [1.82, 2.24) is 15.3 Å². The van der Waals surface area contributed by atoms with Crippen LogP contribution in [0, 0.1) is 0 Å². The minimum Gasteiger partial charge on any atom is -0.309 e. The van der Waals surface area contributed by atoms with Crippen LogP contribution in [0.3, 0.4) is 0 Å². The lowest BCUT2D eigenvalue weighted by Crippen LogP contribution is -2.29. The van der Waals surface area contributed by atoms with E-state index in [9.17, 15) is 4.79 Å². The molecule has 2 rings (SSSR count). The van der Waals surface area contributed by atoms with E-state index >= 15 is 0 Å². The molecule has 0 aliphatic carbocycles. The Hall–Kier alpha value is -1.33. The molecule has 19 heavy (non-hydrogen) atoms. The smallest absolute Gasteiger partial charge is 0.258 e. The van der Waals surface area contributed by atoms with Gasteiger partial charge < -0.3 is 10.3 Å². The first-order valence-electron chi connectivity index (χ1n) is 6.49. The topological polar surface area (TPSA) is 57.8 Å². The van der Waals surface area contributed by atoms with Crippen molar-refractivity contribution in [3.05, 3.63) is 40.4 Å². The molecule has 102 valence electrons. The third kappa shape index (κ3) is 3.81. The maximum absolute atomic E-state index is 11.9. The van der Waals surface area contributed by atoms with E-state index in [2.05, 4.69) is 29.1 Å². The Bertz CT molecular complexity index is 597. The summed E-state index contributed by atoms with van der Waals surface area (Å²) in [5, 5.41) is 4.01. The van der Waals surface area contributed by atoms with Crippen LogP contribution in [0.4, 0.5) is 0 Å². The van der Waals surface area contributed by atoms with Crippen molar-refractivity contribution >= 4 is 22.7 Å². The van der Waals surface area contributed by atoms with Crippen molar-refractivity contribution < 1.29 is 0 Å². The highest BCUT2D eigenvalue weighted by atomic mass is 32.2. The van der Waals surface area contributed by atoms with Crippen molar-refractivity contribution in [3.63, 3.8) is 0 Å². The second-order valence-corrected chi connectivity index (χ2v) is 5.79. The Morgan fingerprint density at radius 2 is 2.21 bits per heavy atom. The lowest BCUT2D eigenvalue weighted by molar-refractivity contribution is 0.579. The van der Waals surface area contributed by atoms with Gasteiger partial charge in [-0.25, -0.2) is 4.98 Å². The Labute approximate surface area is 117 Å². The summed E-state index contributed by atoms with van der Waals surface area (Å²) in [6.07, 6.45) is 0. The predicted octanol–water partition coefficient (Wildman–Crippen LogP) is 2.15. The first-order valence-corrected chi connectivity index (χ1v) is 7.65. The molecule has 1 heterocycles. The molecule has 2 N–H and O–H groups in total. The molecular formula is C14H19N3OS. The SMILES string of the molecule is CCSCC(C)NCc1nc2ccccc2c(=O)[nH]1. The van der Waals surface area contributed by atoms with Gasteiger partial charge in [-0.05, 0) is 24.8 Å². The number of para-hydroxylation sites is 1. The van der Waals surface area contributed by atoms with Gasteiger partial charge in [0.05, 0.1) is 17.4 Å². The van der Waals surface area contributed by atoms with Gasteiger partial charge in [0.15, 0.2) is 0 Å². The number of fused-ring (bicyclic) bond motifs is 1. The summed E-state index contributed by atoms with van der Waals surface area (Å²) >= 11 is 1.90. The van der Waals surface area contributed by atoms with Crippen LogP contribution >= 0.6 is 11.8 Å². The third-order valence-corrected chi connectivity index (χ3v) is 4.00. The first-order chi connectivity index (χ1) is 9.20. The van der Waals surface area contributed by atoms with E-state index in [1.165, 1.54) is 0 Å². The van der Waals surface area contributed by atoms with E-state index in [1.54, 1.807) is 6.07 Å². The van der Waals surface area contributed by atoms with Crippen LogP contribution in [0.25, 0.3) is 10.9 Å². The van der Waals surface area contributed by atoms with Crippen LogP contribution in [0.1, 0.15) is 19.7 Å². The quantitative estimate of drug-likeness (QED) is 0.849. The number of hydrogen-bond donors (Lipinski definition) is 2. The van der Waals surface area contributed by atoms with Crippen LogP contribution in [0.5, 0.6) is 0 Å². The molecule has 0 saturated carbocycles. The molecule has 5 heteroatoms. The van der Waals surface area contributed by atoms with Crippen molar-refractivity contribution in [1.29, 1.82) is 0 Å². The molecule has 0 saturated heterocycles. The number of H-pyrrole nitrogens is 1. The average Bonchev–Trinajstić information content (AvgIpc) is 2.43. The Morgan fingerprint density at radius 1 is 1.42 bits per heavy atom. The first kappa shape index (κ1) is 14.1. The number of aromatic amines is 1. The van der Waals surface area contributed by atoms with Gasteiger partial charge in [0.1, 0.15) is 5.82 Å². The zero-order valence-electron chi connectivity index (χ0n) is 11.3. The Balaban J connectivity index is 2.07. The molecule has 0 aliphatic rings. The summed E-state index contributed by atoms with van der Waals surface area (Å²) in [5.41, 5.74) is 0.677. The van der Waals surface area contributed by atoms with Gasteiger partial charge in [0, 0.05) is 11.8 Å². The Morgan fingerprint density at radius 3 is 3.00 bits per heavy atom. The highest BCUT2D eigenvalue weighted by Crippen LogP contribution is 2.06. The lowest BCUT2D eigenvalue weighted by atomic mass is 10.2. The van der Waals surface area contributed by atoms with E-state index in [0.29, 0.717) is 23.8 Å². The molecule has 2 aromatic rings. The van der Waals surface area contributed by atoms with Gasteiger partial charge in [-0.1, -0.05) is 19.1 Å². The van der Waals surface area contributed by atoms with Crippen molar-refractivity contribution in [2.24, 2.45) is 0 Å². The third-order valence-electron chi connectivity index (χ3n) is 2.85. The normalized spacial score (nSPS) is 12.7. The standard InChI is InChI=1S/C14H19N3OS/c1-3-19-9-10(2)15-8-13-16-12-7-5-4-6-11(12)14(18)17-13/h4-7,10,15H,3,8-9H2,1-2H3,(H,16,17,18). The fourth-order valence-corrected chi connectivity index (χ4v) is 2.55. The second-order valence-electron chi connectivity index (χ2n) is 4.47. The molecule has 1 unspecified atom stereocenters. The van der Waals surface area contributed by atoms with Crippen molar-refractivity contribution in [2.75, 3.05) is 11.5 Å². The number of rotatable bonds is 6. The van der Waals surface area contributed by atoms with Crippen molar-refractivity contribution in [2.45, 2.75) is 26.4 Å². The minimum absolute atomic E-state index is 0.0713. The molecule has 0 aliphatic heterocycles. The number of thioether (sulfide) groups is 1. The van der Waals surface area contributed by atoms with Crippen LogP contribution in [-0.4, -0.2) is 27.5 Å². The van der Waals surface area contributed by atoms with Gasteiger partial charge in [0.2, 0.25) is 0 Å².